The van der Waals surface area contributed by atoms with E-state index in [1.165, 1.54) is 0 Å². The number of rotatable bonds is 0. The lowest BCUT2D eigenvalue weighted by Gasteiger charge is -2.07. The third-order valence-corrected chi connectivity index (χ3v) is 2.95. The molecule has 0 spiro atoms. The van der Waals surface area contributed by atoms with Crippen LogP contribution in [0.3, 0.4) is 0 Å². The van der Waals surface area contributed by atoms with Crippen LogP contribution in [0.15, 0.2) is 42.6 Å². The van der Waals surface area contributed by atoms with Gasteiger partial charge in [-0.05, 0) is 30.0 Å². The lowest BCUT2D eigenvalue weighted by atomic mass is 10.0. The minimum atomic E-state index is 0.296. The number of pyridine rings is 1. The third-order valence-electron chi connectivity index (χ3n) is 2.95. The first-order valence-electron chi connectivity index (χ1n) is 5.23. The Morgan fingerprint density at radius 2 is 1.94 bits per heavy atom. The quantitative estimate of drug-likeness (QED) is 0.575. The second kappa shape index (κ2) is 3.20. The number of phenolic OH excluding ortho intramolecular Hbond substituents is 1. The SMILES string of the molecule is Cc1ccc(O)c2c1ccc1cccnc12. The molecule has 0 amide bonds. The van der Waals surface area contributed by atoms with Crippen molar-refractivity contribution in [1.82, 2.24) is 4.98 Å². The highest BCUT2D eigenvalue weighted by molar-refractivity contribution is 6.09. The number of phenols is 1. The van der Waals surface area contributed by atoms with Crippen molar-refractivity contribution in [3.8, 4) is 5.75 Å². The van der Waals surface area contributed by atoms with Crippen molar-refractivity contribution >= 4 is 21.7 Å². The molecule has 0 fully saturated rings. The van der Waals surface area contributed by atoms with Crippen LogP contribution in [0.25, 0.3) is 21.7 Å². The predicted molar refractivity (Wildman–Crippen MR) is 65.7 cm³/mol. The van der Waals surface area contributed by atoms with Crippen molar-refractivity contribution in [3.05, 3.63) is 48.2 Å². The Morgan fingerprint density at radius 3 is 2.81 bits per heavy atom. The molecule has 78 valence electrons. The molecule has 2 nitrogen and oxygen atoms in total. The van der Waals surface area contributed by atoms with E-state index in [0.29, 0.717) is 5.75 Å². The van der Waals surface area contributed by atoms with Crippen LogP contribution in [0, 0.1) is 6.92 Å². The molecule has 1 heterocycles. The summed E-state index contributed by atoms with van der Waals surface area (Å²) in [7, 11) is 0. The first kappa shape index (κ1) is 9.16. The molecular formula is C14H11NO. The fourth-order valence-corrected chi connectivity index (χ4v) is 2.11. The number of fused-ring (bicyclic) bond motifs is 3. The molecule has 2 aromatic carbocycles. The molecule has 2 heteroatoms. The fraction of sp³-hybridized carbons (Fsp3) is 0.0714. The zero-order chi connectivity index (χ0) is 11.1. The number of aryl methyl sites for hydroxylation is 1. The van der Waals surface area contributed by atoms with Crippen molar-refractivity contribution in [1.29, 1.82) is 0 Å². The highest BCUT2D eigenvalue weighted by Crippen LogP contribution is 2.32. The molecule has 0 aliphatic heterocycles. The number of aromatic hydroxyl groups is 1. The van der Waals surface area contributed by atoms with Crippen LogP contribution in [-0.4, -0.2) is 10.1 Å². The van der Waals surface area contributed by atoms with Gasteiger partial charge in [-0.3, -0.25) is 4.98 Å². The van der Waals surface area contributed by atoms with Crippen LogP contribution in [0.4, 0.5) is 0 Å². The maximum absolute atomic E-state index is 9.95. The highest BCUT2D eigenvalue weighted by Gasteiger charge is 2.07. The third kappa shape index (κ3) is 1.16. The van der Waals surface area contributed by atoms with Gasteiger partial charge in [0.05, 0.1) is 10.9 Å². The topological polar surface area (TPSA) is 33.1 Å². The van der Waals surface area contributed by atoms with E-state index in [2.05, 4.69) is 4.98 Å². The smallest absolute Gasteiger partial charge is 0.125 e. The summed E-state index contributed by atoms with van der Waals surface area (Å²) in [4.78, 5) is 4.35. The summed E-state index contributed by atoms with van der Waals surface area (Å²) >= 11 is 0. The second-order valence-corrected chi connectivity index (χ2v) is 3.96. The molecule has 0 radical (unpaired) electrons. The number of aromatic nitrogens is 1. The second-order valence-electron chi connectivity index (χ2n) is 3.96. The van der Waals surface area contributed by atoms with Gasteiger partial charge in [-0.15, -0.1) is 0 Å². The molecule has 1 N–H and O–H groups in total. The summed E-state index contributed by atoms with van der Waals surface area (Å²) in [5, 5.41) is 12.9. The van der Waals surface area contributed by atoms with E-state index >= 15 is 0 Å². The van der Waals surface area contributed by atoms with Crippen molar-refractivity contribution in [3.63, 3.8) is 0 Å². The maximum Gasteiger partial charge on any atom is 0.125 e. The van der Waals surface area contributed by atoms with Crippen LogP contribution in [0.1, 0.15) is 5.56 Å². The van der Waals surface area contributed by atoms with Gasteiger partial charge in [0.2, 0.25) is 0 Å². The van der Waals surface area contributed by atoms with Crippen molar-refractivity contribution < 1.29 is 5.11 Å². The van der Waals surface area contributed by atoms with Crippen LogP contribution < -0.4 is 0 Å². The number of hydrogen-bond acceptors (Lipinski definition) is 2. The average molecular weight is 209 g/mol. The Bertz CT molecular complexity index is 689. The van der Waals surface area contributed by atoms with Gasteiger partial charge in [0.25, 0.3) is 0 Å². The van der Waals surface area contributed by atoms with E-state index in [9.17, 15) is 5.11 Å². The van der Waals surface area contributed by atoms with Gasteiger partial charge in [-0.1, -0.05) is 24.3 Å². The van der Waals surface area contributed by atoms with E-state index in [4.69, 9.17) is 0 Å². The Kier molecular flexibility index (Phi) is 1.83. The van der Waals surface area contributed by atoms with E-state index in [1.54, 1.807) is 12.3 Å². The van der Waals surface area contributed by atoms with Crippen molar-refractivity contribution in [2.75, 3.05) is 0 Å². The molecule has 0 bridgehead atoms. The summed E-state index contributed by atoms with van der Waals surface area (Å²) in [5.41, 5.74) is 2.02. The van der Waals surface area contributed by atoms with Gasteiger partial charge in [0, 0.05) is 11.6 Å². The monoisotopic (exact) mass is 209 g/mol. The molecule has 3 aromatic rings. The standard InChI is InChI=1S/C14H11NO/c1-9-4-7-12(16)13-11(9)6-5-10-3-2-8-15-14(10)13/h2-8,16H,1H3. The first-order chi connectivity index (χ1) is 7.77. The predicted octanol–water partition coefficient (Wildman–Crippen LogP) is 3.40. The van der Waals surface area contributed by atoms with Gasteiger partial charge in [-0.25, -0.2) is 0 Å². The molecule has 0 aliphatic rings. The van der Waals surface area contributed by atoms with Gasteiger partial charge in [-0.2, -0.15) is 0 Å². The summed E-state index contributed by atoms with van der Waals surface area (Å²) < 4.78 is 0. The van der Waals surface area contributed by atoms with Crippen LogP contribution in [0.5, 0.6) is 5.75 Å². The largest absolute Gasteiger partial charge is 0.507 e. The molecule has 0 saturated heterocycles. The van der Waals surface area contributed by atoms with Gasteiger partial charge >= 0.3 is 0 Å². The molecule has 3 rings (SSSR count). The van der Waals surface area contributed by atoms with Crippen molar-refractivity contribution in [2.24, 2.45) is 0 Å². The fourth-order valence-electron chi connectivity index (χ4n) is 2.11. The van der Waals surface area contributed by atoms with E-state index < -0.39 is 0 Å². The van der Waals surface area contributed by atoms with Gasteiger partial charge in [0.1, 0.15) is 5.75 Å². The summed E-state index contributed by atoms with van der Waals surface area (Å²) in [5.74, 6) is 0.296. The summed E-state index contributed by atoms with van der Waals surface area (Å²) in [6.45, 7) is 2.04. The lowest BCUT2D eigenvalue weighted by molar-refractivity contribution is 0.482. The molecular weight excluding hydrogens is 198 g/mol. The zero-order valence-electron chi connectivity index (χ0n) is 8.94. The molecule has 0 unspecified atom stereocenters. The normalized spacial score (nSPS) is 11.1. The first-order valence-corrected chi connectivity index (χ1v) is 5.23. The zero-order valence-corrected chi connectivity index (χ0v) is 8.94. The minimum Gasteiger partial charge on any atom is -0.507 e. The Labute approximate surface area is 93.2 Å². The summed E-state index contributed by atoms with van der Waals surface area (Å²) in [6, 6.07) is 11.6. The van der Waals surface area contributed by atoms with E-state index in [0.717, 1.165) is 27.2 Å². The Morgan fingerprint density at radius 1 is 1.06 bits per heavy atom. The van der Waals surface area contributed by atoms with Crippen molar-refractivity contribution in [2.45, 2.75) is 6.92 Å². The number of hydrogen-bond donors (Lipinski definition) is 1. The van der Waals surface area contributed by atoms with Crippen LogP contribution in [-0.2, 0) is 0 Å². The average Bonchev–Trinajstić information content (AvgIpc) is 2.33. The maximum atomic E-state index is 9.95. The molecule has 1 aromatic heterocycles. The Balaban J connectivity index is 2.64. The minimum absolute atomic E-state index is 0.296. The lowest BCUT2D eigenvalue weighted by Crippen LogP contribution is -1.84. The van der Waals surface area contributed by atoms with Crippen LogP contribution in [0.2, 0.25) is 0 Å². The molecule has 0 atom stereocenters. The van der Waals surface area contributed by atoms with Gasteiger partial charge < -0.3 is 5.11 Å². The highest BCUT2D eigenvalue weighted by atomic mass is 16.3. The molecule has 16 heavy (non-hydrogen) atoms. The van der Waals surface area contributed by atoms with Gasteiger partial charge in [0.15, 0.2) is 0 Å². The number of benzene rings is 2. The summed E-state index contributed by atoms with van der Waals surface area (Å²) in [6.07, 6.45) is 1.75. The number of nitrogens with zero attached hydrogens (tertiary/aromatic N) is 1. The van der Waals surface area contributed by atoms with E-state index in [-0.39, 0.29) is 0 Å². The molecule has 0 saturated carbocycles. The molecule has 0 aliphatic carbocycles. The van der Waals surface area contributed by atoms with E-state index in [1.807, 2.05) is 37.3 Å². The Hall–Kier alpha value is -2.09. The van der Waals surface area contributed by atoms with Crippen LogP contribution >= 0.6 is 0 Å².